The highest BCUT2D eigenvalue weighted by Crippen LogP contribution is 2.37. The van der Waals surface area contributed by atoms with Crippen LogP contribution in [-0.4, -0.2) is 64.6 Å². The van der Waals surface area contributed by atoms with E-state index in [1.165, 1.54) is 29.3 Å². The molecule has 1 aromatic rings. The third kappa shape index (κ3) is 5.54. The molecule has 0 aromatic heterocycles. The molecule has 1 fully saturated rings. The molecule has 1 aromatic carbocycles. The minimum atomic E-state index is -4.76. The van der Waals surface area contributed by atoms with E-state index >= 15 is 0 Å². The fourth-order valence-electron chi connectivity index (χ4n) is 4.76. The van der Waals surface area contributed by atoms with Gasteiger partial charge in [0.05, 0.1) is 11.6 Å². The van der Waals surface area contributed by atoms with E-state index in [0.29, 0.717) is 36.7 Å². The summed E-state index contributed by atoms with van der Waals surface area (Å²) >= 11 is 6.17. The van der Waals surface area contributed by atoms with E-state index in [9.17, 15) is 22.8 Å². The summed E-state index contributed by atoms with van der Waals surface area (Å²) < 4.78 is 41.9. The SMILES string of the molecule is CC(NC(=O)C1C(C(F)(F)F)=NN2CCCN(CC3=CCCC(Cl)=C3)C12)c1ccc(C(=O)O)cc1. The molecule has 1 amide bonds. The Hall–Kier alpha value is -2.85. The van der Waals surface area contributed by atoms with Gasteiger partial charge in [0.2, 0.25) is 5.91 Å². The van der Waals surface area contributed by atoms with E-state index in [2.05, 4.69) is 10.4 Å². The molecule has 0 radical (unpaired) electrons. The van der Waals surface area contributed by atoms with Crippen molar-refractivity contribution in [3.63, 3.8) is 0 Å². The summed E-state index contributed by atoms with van der Waals surface area (Å²) in [5.41, 5.74) is 0.465. The number of nitrogens with one attached hydrogen (secondary N) is 1. The highest BCUT2D eigenvalue weighted by Gasteiger charge is 2.55. The number of halogens is 4. The Bertz CT molecular complexity index is 1080. The number of aromatic carboxylic acids is 1. The maximum absolute atomic E-state index is 14.0. The maximum Gasteiger partial charge on any atom is 0.432 e. The van der Waals surface area contributed by atoms with Crippen molar-refractivity contribution in [1.82, 2.24) is 15.2 Å². The van der Waals surface area contributed by atoms with Gasteiger partial charge in [0.1, 0.15) is 12.1 Å². The zero-order valence-electron chi connectivity index (χ0n) is 19.1. The van der Waals surface area contributed by atoms with Gasteiger partial charge in [0.15, 0.2) is 5.71 Å². The topological polar surface area (TPSA) is 85.2 Å². The molecule has 0 spiro atoms. The number of amides is 1. The zero-order valence-corrected chi connectivity index (χ0v) is 19.8. The van der Waals surface area contributed by atoms with Crippen LogP contribution in [0.2, 0.25) is 0 Å². The molecule has 188 valence electrons. The lowest BCUT2D eigenvalue weighted by molar-refractivity contribution is -0.129. The summed E-state index contributed by atoms with van der Waals surface area (Å²) in [7, 11) is 0. The van der Waals surface area contributed by atoms with Crippen LogP contribution >= 0.6 is 11.6 Å². The van der Waals surface area contributed by atoms with Crippen LogP contribution in [-0.2, 0) is 4.79 Å². The van der Waals surface area contributed by atoms with Crippen molar-refractivity contribution in [1.29, 1.82) is 0 Å². The molecule has 0 bridgehead atoms. The Morgan fingerprint density at radius 3 is 2.60 bits per heavy atom. The average Bonchev–Trinajstić information content (AvgIpc) is 3.21. The van der Waals surface area contributed by atoms with E-state index < -0.39 is 41.9 Å². The van der Waals surface area contributed by atoms with Crippen LogP contribution in [0.25, 0.3) is 0 Å². The smallest absolute Gasteiger partial charge is 0.432 e. The second kappa shape index (κ2) is 10.0. The molecule has 2 N–H and O–H groups in total. The van der Waals surface area contributed by atoms with Gasteiger partial charge < -0.3 is 10.4 Å². The van der Waals surface area contributed by atoms with Gasteiger partial charge in [-0.2, -0.15) is 18.3 Å². The van der Waals surface area contributed by atoms with Crippen molar-refractivity contribution in [3.05, 3.63) is 58.1 Å². The predicted molar refractivity (Wildman–Crippen MR) is 125 cm³/mol. The van der Waals surface area contributed by atoms with Crippen LogP contribution in [0, 0.1) is 5.92 Å². The Balaban J connectivity index is 1.57. The number of carbonyl (C=O) groups excluding carboxylic acids is 1. The summed E-state index contributed by atoms with van der Waals surface area (Å²) in [6, 6.07) is 5.21. The molecule has 35 heavy (non-hydrogen) atoms. The van der Waals surface area contributed by atoms with Crippen LogP contribution in [0.1, 0.15) is 48.1 Å². The largest absolute Gasteiger partial charge is 0.478 e. The zero-order chi connectivity index (χ0) is 25.3. The van der Waals surface area contributed by atoms with Gasteiger partial charge in [-0.3, -0.25) is 14.7 Å². The lowest BCUT2D eigenvalue weighted by atomic mass is 9.94. The van der Waals surface area contributed by atoms with Gasteiger partial charge in [-0.15, -0.1) is 0 Å². The van der Waals surface area contributed by atoms with Crippen molar-refractivity contribution < 1.29 is 27.9 Å². The van der Waals surface area contributed by atoms with Crippen LogP contribution in [0.15, 0.2) is 52.1 Å². The van der Waals surface area contributed by atoms with Gasteiger partial charge in [0.25, 0.3) is 0 Å². The normalized spacial score (nSPS) is 23.7. The van der Waals surface area contributed by atoms with E-state index in [4.69, 9.17) is 16.7 Å². The number of fused-ring (bicyclic) bond motifs is 1. The van der Waals surface area contributed by atoms with E-state index in [-0.39, 0.29) is 5.56 Å². The second-order valence-corrected chi connectivity index (χ2v) is 9.41. The first-order chi connectivity index (χ1) is 16.5. The molecule has 4 rings (SSSR count). The standard InChI is InChI=1S/C24H26ClF3N4O3/c1-14(16-6-8-17(9-7-16)23(34)35)29-21(33)19-20(24(26,27)28)30-32-11-3-10-31(22(19)32)13-15-4-2-5-18(25)12-15/h4,6-9,12,14,19,22H,2-3,5,10-11,13H2,1H3,(H,29,33)(H,34,35). The number of alkyl halides is 3. The van der Waals surface area contributed by atoms with Crippen molar-refractivity contribution >= 4 is 29.2 Å². The predicted octanol–water partition coefficient (Wildman–Crippen LogP) is 4.29. The van der Waals surface area contributed by atoms with Crippen LogP contribution in [0.4, 0.5) is 13.2 Å². The van der Waals surface area contributed by atoms with Gasteiger partial charge in [-0.1, -0.05) is 29.8 Å². The molecular weight excluding hydrogens is 485 g/mol. The summed E-state index contributed by atoms with van der Waals surface area (Å²) in [4.78, 5) is 26.3. The van der Waals surface area contributed by atoms with Crippen LogP contribution in [0.5, 0.6) is 0 Å². The lowest BCUT2D eigenvalue weighted by Gasteiger charge is -2.41. The Morgan fingerprint density at radius 1 is 1.26 bits per heavy atom. The number of carbonyl (C=O) groups is 2. The maximum atomic E-state index is 14.0. The lowest BCUT2D eigenvalue weighted by Crippen LogP contribution is -2.57. The van der Waals surface area contributed by atoms with Crippen LogP contribution in [0.3, 0.4) is 0 Å². The average molecular weight is 511 g/mol. The molecule has 7 nitrogen and oxygen atoms in total. The van der Waals surface area contributed by atoms with E-state index in [1.807, 2.05) is 17.1 Å². The number of benzene rings is 1. The van der Waals surface area contributed by atoms with E-state index in [1.54, 1.807) is 6.92 Å². The molecule has 3 aliphatic rings. The number of carboxylic acid groups (broad SMARTS) is 1. The highest BCUT2D eigenvalue weighted by molar-refractivity contribution is 6.29. The van der Waals surface area contributed by atoms with Gasteiger partial charge in [-0.05, 0) is 55.5 Å². The van der Waals surface area contributed by atoms with Gasteiger partial charge >= 0.3 is 12.1 Å². The Morgan fingerprint density at radius 2 is 1.97 bits per heavy atom. The van der Waals surface area contributed by atoms with Crippen LogP contribution < -0.4 is 5.32 Å². The summed E-state index contributed by atoms with van der Waals surface area (Å²) in [6.45, 7) is 2.87. The number of hydrogen-bond acceptors (Lipinski definition) is 5. The van der Waals surface area contributed by atoms with Crippen molar-refractivity contribution in [2.24, 2.45) is 11.0 Å². The minimum absolute atomic E-state index is 0.0780. The first kappa shape index (κ1) is 25.2. The summed E-state index contributed by atoms with van der Waals surface area (Å²) in [5.74, 6) is -3.40. The molecular formula is C24H26ClF3N4O3. The van der Waals surface area contributed by atoms with Gasteiger partial charge in [0, 0.05) is 24.7 Å². The summed E-state index contributed by atoms with van der Waals surface area (Å²) in [5, 5.41) is 17.7. The number of hydrogen-bond donors (Lipinski definition) is 2. The first-order valence-corrected chi connectivity index (χ1v) is 11.8. The summed E-state index contributed by atoms with van der Waals surface area (Å²) in [6.07, 6.45) is 0.349. The number of rotatable bonds is 6. The van der Waals surface area contributed by atoms with Crippen molar-refractivity contribution in [3.8, 4) is 0 Å². The third-order valence-electron chi connectivity index (χ3n) is 6.45. The number of carboxylic acids is 1. The molecule has 2 aliphatic heterocycles. The number of nitrogens with zero attached hydrogens (tertiary/aromatic N) is 3. The molecule has 1 aliphatic carbocycles. The Kier molecular flexibility index (Phi) is 7.23. The first-order valence-electron chi connectivity index (χ1n) is 11.4. The van der Waals surface area contributed by atoms with Gasteiger partial charge in [-0.25, -0.2) is 4.79 Å². The third-order valence-corrected chi connectivity index (χ3v) is 6.75. The number of allylic oxidation sites excluding steroid dienone is 2. The molecule has 2 heterocycles. The molecule has 3 atom stereocenters. The molecule has 11 heteroatoms. The molecule has 0 saturated carbocycles. The molecule has 1 saturated heterocycles. The second-order valence-electron chi connectivity index (χ2n) is 8.93. The fourth-order valence-corrected chi connectivity index (χ4v) is 5.01. The monoisotopic (exact) mass is 510 g/mol. The highest BCUT2D eigenvalue weighted by atomic mass is 35.5. The van der Waals surface area contributed by atoms with Crippen molar-refractivity contribution in [2.45, 2.75) is 44.6 Å². The number of hydrazone groups is 1. The Labute approximate surface area is 205 Å². The minimum Gasteiger partial charge on any atom is -0.478 e. The van der Waals surface area contributed by atoms with E-state index in [0.717, 1.165) is 18.4 Å². The van der Waals surface area contributed by atoms with Crippen molar-refractivity contribution in [2.75, 3.05) is 19.6 Å². The quantitative estimate of drug-likeness (QED) is 0.596. The fraction of sp³-hybridized carbons (Fsp3) is 0.458. The molecule has 3 unspecified atom stereocenters.